The van der Waals surface area contributed by atoms with Crippen LogP contribution >= 0.6 is 34.7 Å². The summed E-state index contributed by atoms with van der Waals surface area (Å²) >= 11 is 8.64. The zero-order valence-corrected chi connectivity index (χ0v) is 12.2. The van der Waals surface area contributed by atoms with Crippen molar-refractivity contribution in [1.82, 2.24) is 4.98 Å². The van der Waals surface area contributed by atoms with E-state index in [1.54, 1.807) is 0 Å². The van der Waals surface area contributed by atoms with Crippen LogP contribution in [0.3, 0.4) is 0 Å². The van der Waals surface area contributed by atoms with Crippen molar-refractivity contribution in [2.24, 2.45) is 0 Å². The number of methoxy groups -OCH3 is 1. The van der Waals surface area contributed by atoms with Gasteiger partial charge in [0.25, 0.3) is 0 Å². The molecule has 0 bridgehead atoms. The van der Waals surface area contributed by atoms with Crippen molar-refractivity contribution in [3.8, 4) is 0 Å². The van der Waals surface area contributed by atoms with Crippen LogP contribution in [0.2, 0.25) is 5.15 Å². The molecule has 1 aromatic carbocycles. The van der Waals surface area contributed by atoms with Gasteiger partial charge in [-0.1, -0.05) is 52.9 Å². The zero-order valence-electron chi connectivity index (χ0n) is 9.77. The molecule has 6 heteroatoms. The molecule has 0 saturated heterocycles. The number of benzene rings is 1. The minimum Gasteiger partial charge on any atom is -0.465 e. The van der Waals surface area contributed by atoms with Crippen LogP contribution in [0.5, 0.6) is 0 Å². The first-order valence-electron chi connectivity index (χ1n) is 5.10. The topological polar surface area (TPSA) is 39.2 Å². The maximum absolute atomic E-state index is 11.4. The Morgan fingerprint density at radius 1 is 1.44 bits per heavy atom. The fourth-order valence-corrected chi connectivity index (χ4v) is 3.68. The summed E-state index contributed by atoms with van der Waals surface area (Å²) in [6.07, 6.45) is 0. The van der Waals surface area contributed by atoms with E-state index in [1.165, 1.54) is 30.2 Å². The second-order valence-corrected chi connectivity index (χ2v) is 6.10. The minimum atomic E-state index is -0.450. The second-order valence-electron chi connectivity index (χ2n) is 3.46. The molecule has 94 valence electrons. The quantitative estimate of drug-likeness (QED) is 0.802. The van der Waals surface area contributed by atoms with E-state index in [1.807, 2.05) is 31.2 Å². The SMILES string of the molecule is COC(=O)c1sc(Sc2ccccc2C)nc1Cl. The van der Waals surface area contributed by atoms with Crippen LogP contribution in [0.25, 0.3) is 0 Å². The van der Waals surface area contributed by atoms with Crippen molar-refractivity contribution < 1.29 is 9.53 Å². The third-order valence-corrected chi connectivity index (χ3v) is 4.89. The molecule has 1 aromatic heterocycles. The second kappa shape index (κ2) is 5.73. The van der Waals surface area contributed by atoms with E-state index in [-0.39, 0.29) is 5.15 Å². The molecule has 2 aromatic rings. The predicted molar refractivity (Wildman–Crippen MR) is 73.8 cm³/mol. The summed E-state index contributed by atoms with van der Waals surface area (Å²) in [5.74, 6) is -0.450. The number of esters is 1. The van der Waals surface area contributed by atoms with Gasteiger partial charge in [0, 0.05) is 4.90 Å². The number of ether oxygens (including phenoxy) is 1. The van der Waals surface area contributed by atoms with Crippen LogP contribution in [0.15, 0.2) is 33.5 Å². The molecular formula is C12H10ClNO2S2. The molecule has 18 heavy (non-hydrogen) atoms. The van der Waals surface area contributed by atoms with Crippen LogP contribution in [0, 0.1) is 6.92 Å². The summed E-state index contributed by atoms with van der Waals surface area (Å²) in [4.78, 5) is 17.0. The number of hydrogen-bond acceptors (Lipinski definition) is 5. The molecule has 0 aliphatic carbocycles. The van der Waals surface area contributed by atoms with Gasteiger partial charge >= 0.3 is 5.97 Å². The summed E-state index contributed by atoms with van der Waals surface area (Å²) in [7, 11) is 1.33. The normalized spacial score (nSPS) is 10.4. The van der Waals surface area contributed by atoms with Crippen LogP contribution < -0.4 is 0 Å². The molecule has 0 aliphatic rings. The summed E-state index contributed by atoms with van der Waals surface area (Å²) in [5, 5.41) is 0.197. The van der Waals surface area contributed by atoms with Gasteiger partial charge in [0.05, 0.1) is 7.11 Å². The number of halogens is 1. The van der Waals surface area contributed by atoms with Crippen LogP contribution in [0.1, 0.15) is 15.2 Å². The molecule has 0 aliphatic heterocycles. The van der Waals surface area contributed by atoms with Gasteiger partial charge in [0.2, 0.25) is 0 Å². The molecule has 0 amide bonds. The Morgan fingerprint density at radius 3 is 2.83 bits per heavy atom. The summed E-state index contributed by atoms with van der Waals surface area (Å²) < 4.78 is 5.37. The highest BCUT2D eigenvalue weighted by Gasteiger charge is 2.18. The molecule has 1 heterocycles. The monoisotopic (exact) mass is 299 g/mol. The number of aryl methyl sites for hydroxylation is 1. The Kier molecular flexibility index (Phi) is 4.27. The Hall–Kier alpha value is -1.04. The van der Waals surface area contributed by atoms with E-state index in [4.69, 9.17) is 11.6 Å². The average molecular weight is 300 g/mol. The largest absolute Gasteiger partial charge is 0.465 e. The van der Waals surface area contributed by atoms with Gasteiger partial charge in [-0.05, 0) is 18.6 Å². The molecule has 0 radical (unpaired) electrons. The minimum absolute atomic E-state index is 0.197. The summed E-state index contributed by atoms with van der Waals surface area (Å²) in [6, 6.07) is 7.98. The van der Waals surface area contributed by atoms with Gasteiger partial charge in [0.1, 0.15) is 0 Å². The molecule has 0 atom stereocenters. The first-order chi connectivity index (χ1) is 8.61. The lowest BCUT2D eigenvalue weighted by molar-refractivity contribution is 0.0606. The van der Waals surface area contributed by atoms with E-state index in [2.05, 4.69) is 9.72 Å². The van der Waals surface area contributed by atoms with E-state index < -0.39 is 5.97 Å². The summed E-state index contributed by atoms with van der Waals surface area (Å²) in [5.41, 5.74) is 1.16. The van der Waals surface area contributed by atoms with Crippen molar-refractivity contribution in [2.45, 2.75) is 16.2 Å². The van der Waals surface area contributed by atoms with E-state index in [0.717, 1.165) is 14.8 Å². The smallest absolute Gasteiger partial charge is 0.351 e. The van der Waals surface area contributed by atoms with E-state index in [9.17, 15) is 4.79 Å². The molecule has 0 unspecified atom stereocenters. The Morgan fingerprint density at radius 2 is 2.17 bits per heavy atom. The maximum Gasteiger partial charge on any atom is 0.351 e. The van der Waals surface area contributed by atoms with E-state index in [0.29, 0.717) is 4.88 Å². The highest BCUT2D eigenvalue weighted by molar-refractivity contribution is 8.01. The van der Waals surface area contributed by atoms with Gasteiger partial charge in [-0.3, -0.25) is 0 Å². The standard InChI is InChI=1S/C12H10ClNO2S2/c1-7-5-3-4-6-8(7)17-12-14-10(13)9(18-12)11(15)16-2/h3-6H,1-2H3. The molecule has 0 N–H and O–H groups in total. The highest BCUT2D eigenvalue weighted by atomic mass is 35.5. The number of aromatic nitrogens is 1. The van der Waals surface area contributed by atoms with Crippen LogP contribution in [0.4, 0.5) is 0 Å². The first kappa shape index (κ1) is 13.4. The van der Waals surface area contributed by atoms with Crippen LogP contribution in [-0.2, 0) is 4.74 Å². The predicted octanol–water partition coefficient (Wildman–Crippen LogP) is 4.04. The number of thiazole rings is 1. The Labute approximate surface area is 118 Å². The van der Waals surface area contributed by atoms with Crippen molar-refractivity contribution in [1.29, 1.82) is 0 Å². The van der Waals surface area contributed by atoms with Gasteiger partial charge in [-0.15, -0.1) is 0 Å². The molecule has 3 nitrogen and oxygen atoms in total. The van der Waals surface area contributed by atoms with Crippen molar-refractivity contribution in [3.05, 3.63) is 39.9 Å². The number of hydrogen-bond donors (Lipinski definition) is 0. The third-order valence-electron chi connectivity index (χ3n) is 2.23. The van der Waals surface area contributed by atoms with Gasteiger partial charge in [-0.2, -0.15) is 0 Å². The van der Waals surface area contributed by atoms with Crippen molar-refractivity contribution >= 4 is 40.7 Å². The van der Waals surface area contributed by atoms with E-state index >= 15 is 0 Å². The number of rotatable bonds is 3. The molecular weight excluding hydrogens is 290 g/mol. The van der Waals surface area contributed by atoms with Crippen molar-refractivity contribution in [3.63, 3.8) is 0 Å². The first-order valence-corrected chi connectivity index (χ1v) is 7.11. The maximum atomic E-state index is 11.4. The highest BCUT2D eigenvalue weighted by Crippen LogP contribution is 2.36. The van der Waals surface area contributed by atoms with Gasteiger partial charge < -0.3 is 4.74 Å². The third kappa shape index (κ3) is 2.85. The fourth-order valence-electron chi connectivity index (χ4n) is 1.31. The molecule has 0 spiro atoms. The molecule has 0 saturated carbocycles. The lowest BCUT2D eigenvalue weighted by atomic mass is 10.2. The molecule has 0 fully saturated rings. The summed E-state index contributed by atoms with van der Waals surface area (Å²) in [6.45, 7) is 2.03. The fraction of sp³-hybridized carbons (Fsp3) is 0.167. The lowest BCUT2D eigenvalue weighted by Crippen LogP contribution is -1.98. The Bertz CT molecular complexity index is 583. The lowest BCUT2D eigenvalue weighted by Gasteiger charge is -2.00. The van der Waals surface area contributed by atoms with Gasteiger partial charge in [-0.25, -0.2) is 9.78 Å². The molecule has 2 rings (SSSR count). The average Bonchev–Trinajstić information content (AvgIpc) is 2.72. The Balaban J connectivity index is 2.26. The number of carbonyl (C=O) groups excluding carboxylic acids is 1. The van der Waals surface area contributed by atoms with Crippen molar-refractivity contribution in [2.75, 3.05) is 7.11 Å². The zero-order chi connectivity index (χ0) is 13.1. The van der Waals surface area contributed by atoms with Gasteiger partial charge in [0.15, 0.2) is 14.4 Å². The number of nitrogens with zero attached hydrogens (tertiary/aromatic N) is 1. The van der Waals surface area contributed by atoms with Crippen LogP contribution in [-0.4, -0.2) is 18.1 Å². The number of carbonyl (C=O) groups is 1.